The first kappa shape index (κ1) is 11.7. The maximum absolute atomic E-state index is 11.0. The quantitative estimate of drug-likeness (QED) is 0.856. The molecule has 5 heteroatoms. The number of rotatable bonds is 4. The minimum absolute atomic E-state index is 0.347. The predicted molar refractivity (Wildman–Crippen MR) is 60.3 cm³/mol. The molecule has 1 aromatic rings. The molecule has 1 atom stereocenters. The third kappa shape index (κ3) is 3.40. The van der Waals surface area contributed by atoms with Gasteiger partial charge in [0, 0.05) is 4.88 Å². The Balaban J connectivity index is 2.37. The number of hydrogen-bond acceptors (Lipinski definition) is 4. The summed E-state index contributed by atoms with van der Waals surface area (Å²) < 4.78 is 5.63. The van der Waals surface area contributed by atoms with Gasteiger partial charge in [-0.05, 0) is 40.9 Å². The maximum atomic E-state index is 11.0. The number of halogens is 1. The molecule has 0 bridgehead atoms. The Hall–Kier alpha value is -0.390. The molecule has 1 unspecified atom stereocenters. The first-order valence-electron chi connectivity index (χ1n) is 4.21. The van der Waals surface area contributed by atoms with E-state index in [9.17, 15) is 4.79 Å². The molecule has 0 amide bonds. The van der Waals surface area contributed by atoms with Gasteiger partial charge in [0.25, 0.3) is 0 Å². The van der Waals surface area contributed by atoms with Crippen LogP contribution in [0.1, 0.15) is 11.3 Å². The molecule has 0 fully saturated rings. The summed E-state index contributed by atoms with van der Waals surface area (Å²) in [5.74, 6) is -0.347. The third-order valence-corrected chi connectivity index (χ3v) is 3.52. The fourth-order valence-corrected chi connectivity index (χ4v) is 2.55. The van der Waals surface area contributed by atoms with E-state index in [1.54, 1.807) is 11.3 Å². The number of ether oxygens (including phenoxy) is 1. The Morgan fingerprint density at radius 3 is 2.93 bits per heavy atom. The van der Waals surface area contributed by atoms with Crippen molar-refractivity contribution in [1.82, 2.24) is 0 Å². The molecule has 1 heterocycles. The number of methoxy groups -OCH3 is 1. The van der Waals surface area contributed by atoms with E-state index < -0.39 is 6.04 Å². The fraction of sp³-hybridized carbons (Fsp3) is 0.444. The van der Waals surface area contributed by atoms with Crippen LogP contribution in [0.15, 0.2) is 15.9 Å². The van der Waals surface area contributed by atoms with Gasteiger partial charge in [-0.15, -0.1) is 11.3 Å². The molecule has 0 saturated heterocycles. The molecule has 0 saturated carbocycles. The van der Waals surface area contributed by atoms with Gasteiger partial charge in [0.1, 0.15) is 6.04 Å². The second kappa shape index (κ2) is 5.48. The van der Waals surface area contributed by atoms with Crippen molar-refractivity contribution in [2.24, 2.45) is 5.73 Å². The van der Waals surface area contributed by atoms with Crippen LogP contribution in [-0.2, 0) is 16.0 Å². The van der Waals surface area contributed by atoms with Gasteiger partial charge in [-0.25, -0.2) is 0 Å². The van der Waals surface area contributed by atoms with Gasteiger partial charge >= 0.3 is 5.97 Å². The van der Waals surface area contributed by atoms with Crippen molar-refractivity contribution >= 4 is 33.2 Å². The van der Waals surface area contributed by atoms with Gasteiger partial charge in [0.05, 0.1) is 10.9 Å². The standard InChI is InChI=1S/C9H12BrNO2S/c1-13-9(12)7(11)4-2-6-3-5-8(10)14-6/h3,5,7H,2,4,11H2,1H3. The minimum atomic E-state index is -0.513. The molecule has 0 aromatic carbocycles. The van der Waals surface area contributed by atoms with Gasteiger partial charge in [0.15, 0.2) is 0 Å². The predicted octanol–water partition coefficient (Wildman–Crippen LogP) is 1.94. The van der Waals surface area contributed by atoms with E-state index in [4.69, 9.17) is 5.73 Å². The summed E-state index contributed by atoms with van der Waals surface area (Å²) in [7, 11) is 1.35. The van der Waals surface area contributed by atoms with Crippen molar-refractivity contribution in [3.63, 3.8) is 0 Å². The third-order valence-electron chi connectivity index (χ3n) is 1.83. The number of esters is 1. The van der Waals surface area contributed by atoms with Crippen LogP contribution in [0, 0.1) is 0 Å². The highest BCUT2D eigenvalue weighted by Gasteiger charge is 2.13. The molecule has 14 heavy (non-hydrogen) atoms. The van der Waals surface area contributed by atoms with Crippen molar-refractivity contribution in [1.29, 1.82) is 0 Å². The van der Waals surface area contributed by atoms with Crippen LogP contribution in [0.5, 0.6) is 0 Å². The number of hydrogen-bond donors (Lipinski definition) is 1. The van der Waals surface area contributed by atoms with E-state index in [2.05, 4.69) is 20.7 Å². The van der Waals surface area contributed by atoms with E-state index in [1.165, 1.54) is 12.0 Å². The molecule has 0 radical (unpaired) electrons. The summed E-state index contributed by atoms with van der Waals surface area (Å²) in [6.45, 7) is 0. The van der Waals surface area contributed by atoms with Crippen LogP contribution in [-0.4, -0.2) is 19.1 Å². The topological polar surface area (TPSA) is 52.3 Å². The zero-order valence-corrected chi connectivity index (χ0v) is 10.2. The lowest BCUT2D eigenvalue weighted by atomic mass is 10.1. The molecule has 0 aliphatic heterocycles. The van der Waals surface area contributed by atoms with Crippen LogP contribution in [0.4, 0.5) is 0 Å². The van der Waals surface area contributed by atoms with E-state index in [1.807, 2.05) is 12.1 Å². The average molecular weight is 278 g/mol. The van der Waals surface area contributed by atoms with Gasteiger partial charge in [-0.1, -0.05) is 0 Å². The normalized spacial score (nSPS) is 12.5. The van der Waals surface area contributed by atoms with Crippen LogP contribution in [0.3, 0.4) is 0 Å². The molecule has 0 aliphatic carbocycles. The lowest BCUT2D eigenvalue weighted by Gasteiger charge is -2.07. The summed E-state index contributed by atoms with van der Waals surface area (Å²) in [6.07, 6.45) is 1.44. The van der Waals surface area contributed by atoms with Crippen molar-refractivity contribution in [3.05, 3.63) is 20.8 Å². The largest absolute Gasteiger partial charge is 0.468 e. The molecular formula is C9H12BrNO2S. The van der Waals surface area contributed by atoms with Gasteiger partial charge in [-0.3, -0.25) is 4.79 Å². The number of carbonyl (C=O) groups is 1. The highest BCUT2D eigenvalue weighted by Crippen LogP contribution is 2.23. The molecule has 2 N–H and O–H groups in total. The molecule has 0 aliphatic rings. The van der Waals surface area contributed by atoms with E-state index in [0.717, 1.165) is 10.2 Å². The smallest absolute Gasteiger partial charge is 0.322 e. The van der Waals surface area contributed by atoms with E-state index in [0.29, 0.717) is 6.42 Å². The zero-order chi connectivity index (χ0) is 10.6. The number of thiophene rings is 1. The SMILES string of the molecule is COC(=O)C(N)CCc1ccc(Br)s1. The Labute approximate surface area is 95.4 Å². The molecule has 1 rings (SSSR count). The van der Waals surface area contributed by atoms with E-state index >= 15 is 0 Å². The minimum Gasteiger partial charge on any atom is -0.468 e. The number of nitrogens with two attached hydrogens (primary N) is 1. The highest BCUT2D eigenvalue weighted by molar-refractivity contribution is 9.11. The summed E-state index contributed by atoms with van der Waals surface area (Å²) in [4.78, 5) is 12.2. The van der Waals surface area contributed by atoms with Crippen molar-refractivity contribution < 1.29 is 9.53 Å². The Morgan fingerprint density at radius 1 is 1.71 bits per heavy atom. The Morgan fingerprint density at radius 2 is 2.43 bits per heavy atom. The van der Waals surface area contributed by atoms with Crippen LogP contribution < -0.4 is 5.73 Å². The van der Waals surface area contributed by atoms with Gasteiger partial charge in [0.2, 0.25) is 0 Å². The first-order valence-corrected chi connectivity index (χ1v) is 5.82. The summed E-state index contributed by atoms with van der Waals surface area (Å²) >= 11 is 5.04. The molecule has 0 spiro atoms. The monoisotopic (exact) mass is 277 g/mol. The first-order chi connectivity index (χ1) is 6.63. The van der Waals surface area contributed by atoms with Crippen molar-refractivity contribution in [3.8, 4) is 0 Å². The molecular weight excluding hydrogens is 266 g/mol. The molecule has 78 valence electrons. The van der Waals surface area contributed by atoms with Crippen LogP contribution in [0.2, 0.25) is 0 Å². The summed E-state index contributed by atoms with van der Waals surface area (Å²) in [5, 5.41) is 0. The Bertz CT molecular complexity index is 314. The number of aryl methyl sites for hydroxylation is 1. The van der Waals surface area contributed by atoms with Gasteiger partial charge < -0.3 is 10.5 Å². The summed E-state index contributed by atoms with van der Waals surface area (Å²) in [6, 6.07) is 3.50. The molecule has 1 aromatic heterocycles. The maximum Gasteiger partial charge on any atom is 0.322 e. The zero-order valence-electron chi connectivity index (χ0n) is 7.83. The lowest BCUT2D eigenvalue weighted by molar-refractivity contribution is -0.142. The average Bonchev–Trinajstić information content (AvgIpc) is 2.59. The molecule has 3 nitrogen and oxygen atoms in total. The summed E-state index contributed by atoms with van der Waals surface area (Å²) in [5.41, 5.74) is 5.60. The van der Waals surface area contributed by atoms with Crippen LogP contribution >= 0.6 is 27.3 Å². The van der Waals surface area contributed by atoms with Crippen molar-refractivity contribution in [2.75, 3.05) is 7.11 Å². The fourth-order valence-electron chi connectivity index (χ4n) is 1.05. The second-order valence-corrected chi connectivity index (χ2v) is 5.42. The lowest BCUT2D eigenvalue weighted by Crippen LogP contribution is -2.31. The Kier molecular flexibility index (Phi) is 4.57. The van der Waals surface area contributed by atoms with Crippen molar-refractivity contribution in [2.45, 2.75) is 18.9 Å². The highest BCUT2D eigenvalue weighted by atomic mass is 79.9. The number of carbonyl (C=O) groups excluding carboxylic acids is 1. The van der Waals surface area contributed by atoms with E-state index in [-0.39, 0.29) is 5.97 Å². The second-order valence-electron chi connectivity index (χ2n) is 2.87. The van der Waals surface area contributed by atoms with Gasteiger partial charge in [-0.2, -0.15) is 0 Å². The van der Waals surface area contributed by atoms with Crippen LogP contribution in [0.25, 0.3) is 0 Å².